The second-order valence-corrected chi connectivity index (χ2v) is 10.5. The van der Waals surface area contributed by atoms with Crippen molar-refractivity contribution in [2.75, 3.05) is 18.5 Å². The molecule has 42 heavy (non-hydrogen) atoms. The first-order chi connectivity index (χ1) is 20.2. The Hall–Kier alpha value is -4.01. The van der Waals surface area contributed by atoms with Crippen LogP contribution in [0.1, 0.15) is 84.5 Å². The molecule has 0 aliphatic heterocycles. The summed E-state index contributed by atoms with van der Waals surface area (Å²) in [4.78, 5) is 24.0. The molecule has 1 saturated carbocycles. The van der Waals surface area contributed by atoms with Gasteiger partial charge in [0.15, 0.2) is 0 Å². The molecular weight excluding hydrogens is 545 g/mol. The molecule has 0 saturated heterocycles. The maximum atomic E-state index is 12.7. The molecule has 6 nitrogen and oxygen atoms in total. The molecule has 0 heterocycles. The van der Waals surface area contributed by atoms with Crippen LogP contribution in [0.4, 0.5) is 18.9 Å². The zero-order valence-corrected chi connectivity index (χ0v) is 23.7. The maximum Gasteiger partial charge on any atom is 0.573 e. The van der Waals surface area contributed by atoms with Gasteiger partial charge in [-0.1, -0.05) is 55.7 Å². The highest BCUT2D eigenvalue weighted by Gasteiger charge is 2.31. The van der Waals surface area contributed by atoms with Crippen molar-refractivity contribution < 1.29 is 32.2 Å². The van der Waals surface area contributed by atoms with Gasteiger partial charge in [0.25, 0.3) is 5.91 Å². The Morgan fingerprint density at radius 1 is 0.905 bits per heavy atom. The van der Waals surface area contributed by atoms with E-state index in [0.29, 0.717) is 24.5 Å². The predicted octanol–water partition coefficient (Wildman–Crippen LogP) is 7.71. The van der Waals surface area contributed by atoms with E-state index >= 15 is 0 Å². The van der Waals surface area contributed by atoms with E-state index in [0.717, 1.165) is 16.8 Å². The molecule has 0 bridgehead atoms. The van der Waals surface area contributed by atoms with Gasteiger partial charge in [-0.15, -0.1) is 13.2 Å². The summed E-state index contributed by atoms with van der Waals surface area (Å²) in [5.74, 6) is -0.352. The summed E-state index contributed by atoms with van der Waals surface area (Å²) < 4.78 is 47.0. The van der Waals surface area contributed by atoms with Gasteiger partial charge in [-0.2, -0.15) is 0 Å². The lowest BCUT2D eigenvalue weighted by molar-refractivity contribution is -0.274. The van der Waals surface area contributed by atoms with Crippen LogP contribution in [-0.2, 0) is 16.0 Å². The van der Waals surface area contributed by atoms with Gasteiger partial charge in [0, 0.05) is 17.8 Å². The molecule has 1 atom stereocenters. The molecule has 1 fully saturated rings. The number of ether oxygens (including phenoxy) is 2. The highest BCUT2D eigenvalue weighted by molar-refractivity contribution is 5.94. The largest absolute Gasteiger partial charge is 0.573 e. The highest BCUT2D eigenvalue weighted by atomic mass is 19.4. The number of amides is 1. The minimum atomic E-state index is -4.76. The Morgan fingerprint density at radius 2 is 1.57 bits per heavy atom. The first-order valence-electron chi connectivity index (χ1n) is 14.4. The zero-order chi connectivity index (χ0) is 30.0. The minimum Gasteiger partial charge on any atom is -0.466 e. The molecule has 1 unspecified atom stereocenters. The Labute approximate surface area is 244 Å². The number of nitrogens with one attached hydrogen (secondary N) is 2. The van der Waals surface area contributed by atoms with Crippen molar-refractivity contribution in [3.8, 4) is 5.75 Å². The topological polar surface area (TPSA) is 76.7 Å². The number of esters is 1. The van der Waals surface area contributed by atoms with Crippen LogP contribution in [0.25, 0.3) is 0 Å². The van der Waals surface area contributed by atoms with Crippen molar-refractivity contribution in [3.63, 3.8) is 0 Å². The molecule has 0 radical (unpaired) electrons. The average Bonchev–Trinajstić information content (AvgIpc) is 2.98. The fraction of sp³-hybridized carbons (Fsp3) is 0.394. The number of halogens is 3. The smallest absolute Gasteiger partial charge is 0.466 e. The average molecular weight is 583 g/mol. The van der Waals surface area contributed by atoms with Gasteiger partial charge >= 0.3 is 12.3 Å². The standard InChI is InChI=1S/C33H37F3N2O4/c1-2-41-31(39)20-21-37-32(40)27-12-16-28(17-13-27)38-30(26-14-18-29(19-15-26)42-33(34,35)36)22-23-8-10-25(11-9-23)24-6-4-3-5-7-24/h8-19,24,30,38H,2-7,20-22H2,1H3,(H,37,40). The maximum absolute atomic E-state index is 12.7. The van der Waals surface area contributed by atoms with Crippen LogP contribution in [0, 0.1) is 0 Å². The molecule has 1 amide bonds. The van der Waals surface area contributed by atoms with Crippen LogP contribution in [-0.4, -0.2) is 31.4 Å². The van der Waals surface area contributed by atoms with Gasteiger partial charge in [-0.3, -0.25) is 9.59 Å². The summed E-state index contributed by atoms with van der Waals surface area (Å²) in [7, 11) is 0. The molecule has 0 aromatic heterocycles. The monoisotopic (exact) mass is 582 g/mol. The van der Waals surface area contributed by atoms with Gasteiger partial charge in [0.2, 0.25) is 0 Å². The SMILES string of the molecule is CCOC(=O)CCNC(=O)c1ccc(NC(Cc2ccc(C3CCCCC3)cc2)c2ccc(OC(F)(F)F)cc2)cc1. The third kappa shape index (κ3) is 9.53. The van der Waals surface area contributed by atoms with Gasteiger partial charge in [-0.05, 0) is 85.2 Å². The number of rotatable bonds is 12. The van der Waals surface area contributed by atoms with Crippen LogP contribution >= 0.6 is 0 Å². The van der Waals surface area contributed by atoms with E-state index in [4.69, 9.17) is 4.74 Å². The van der Waals surface area contributed by atoms with Gasteiger partial charge in [0.1, 0.15) is 5.75 Å². The van der Waals surface area contributed by atoms with E-state index in [1.807, 2.05) is 0 Å². The van der Waals surface area contributed by atoms with Gasteiger partial charge in [0.05, 0.1) is 19.1 Å². The van der Waals surface area contributed by atoms with E-state index in [1.54, 1.807) is 43.3 Å². The summed E-state index contributed by atoms with van der Waals surface area (Å²) in [6.45, 7) is 2.19. The Kier molecular flexibility index (Phi) is 10.9. The third-order valence-corrected chi connectivity index (χ3v) is 7.42. The Bertz CT molecular complexity index is 1290. The third-order valence-electron chi connectivity index (χ3n) is 7.42. The summed E-state index contributed by atoms with van der Waals surface area (Å²) in [5, 5.41) is 6.18. The number of hydrogen-bond acceptors (Lipinski definition) is 5. The van der Waals surface area contributed by atoms with E-state index in [2.05, 4.69) is 39.6 Å². The normalized spacial score (nSPS) is 14.6. The summed E-state index contributed by atoms with van der Waals surface area (Å²) in [6.07, 6.45) is 2.20. The number of carbonyl (C=O) groups is 2. The first kappa shape index (κ1) is 30.9. The van der Waals surface area contributed by atoms with E-state index in [9.17, 15) is 22.8 Å². The lowest BCUT2D eigenvalue weighted by Gasteiger charge is -2.23. The van der Waals surface area contributed by atoms with Crippen molar-refractivity contribution in [1.82, 2.24) is 5.32 Å². The second kappa shape index (κ2) is 14.8. The van der Waals surface area contributed by atoms with E-state index in [-0.39, 0.29) is 36.6 Å². The quantitative estimate of drug-likeness (QED) is 0.214. The molecule has 0 spiro atoms. The van der Waals surface area contributed by atoms with E-state index < -0.39 is 6.36 Å². The van der Waals surface area contributed by atoms with Crippen LogP contribution in [0.15, 0.2) is 72.8 Å². The van der Waals surface area contributed by atoms with Crippen LogP contribution in [0.5, 0.6) is 5.75 Å². The van der Waals surface area contributed by atoms with Crippen molar-refractivity contribution in [2.45, 2.75) is 70.2 Å². The lowest BCUT2D eigenvalue weighted by Crippen LogP contribution is -2.26. The van der Waals surface area contributed by atoms with E-state index in [1.165, 1.54) is 49.8 Å². The molecule has 224 valence electrons. The first-order valence-corrected chi connectivity index (χ1v) is 14.4. The van der Waals surface area contributed by atoms with Crippen molar-refractivity contribution >= 4 is 17.6 Å². The minimum absolute atomic E-state index is 0.0926. The van der Waals surface area contributed by atoms with Gasteiger partial charge < -0.3 is 20.1 Å². The number of hydrogen-bond donors (Lipinski definition) is 2. The van der Waals surface area contributed by atoms with Crippen LogP contribution in [0.3, 0.4) is 0 Å². The van der Waals surface area contributed by atoms with Gasteiger partial charge in [-0.25, -0.2) is 0 Å². The fourth-order valence-electron chi connectivity index (χ4n) is 5.28. The number of alkyl halides is 3. The molecule has 1 aliphatic carbocycles. The predicted molar refractivity (Wildman–Crippen MR) is 155 cm³/mol. The molecule has 2 N–H and O–H groups in total. The molecule has 4 rings (SSSR count). The molecule has 3 aromatic carbocycles. The molecule has 3 aromatic rings. The molecule has 1 aliphatic rings. The summed E-state index contributed by atoms with van der Waals surface area (Å²) in [5.41, 5.74) is 4.43. The second-order valence-electron chi connectivity index (χ2n) is 10.5. The Morgan fingerprint density at radius 3 is 2.19 bits per heavy atom. The molecule has 9 heteroatoms. The zero-order valence-electron chi connectivity index (χ0n) is 23.7. The fourth-order valence-corrected chi connectivity index (χ4v) is 5.28. The van der Waals surface area contributed by atoms with Crippen LogP contribution < -0.4 is 15.4 Å². The van der Waals surface area contributed by atoms with Crippen LogP contribution in [0.2, 0.25) is 0 Å². The van der Waals surface area contributed by atoms with Crippen molar-refractivity contribution in [3.05, 3.63) is 95.1 Å². The number of carbonyl (C=O) groups excluding carboxylic acids is 2. The highest BCUT2D eigenvalue weighted by Crippen LogP contribution is 2.33. The molecular formula is C33H37F3N2O4. The number of benzene rings is 3. The number of anilines is 1. The van der Waals surface area contributed by atoms with Crippen molar-refractivity contribution in [2.24, 2.45) is 0 Å². The van der Waals surface area contributed by atoms with Crippen molar-refractivity contribution in [1.29, 1.82) is 0 Å². The summed E-state index contributed by atoms with van der Waals surface area (Å²) in [6, 6.07) is 21.2. The summed E-state index contributed by atoms with van der Waals surface area (Å²) >= 11 is 0. The Balaban J connectivity index is 1.45. The lowest BCUT2D eigenvalue weighted by atomic mass is 9.83.